The van der Waals surface area contributed by atoms with Crippen molar-refractivity contribution in [2.75, 3.05) is 0 Å². The highest BCUT2D eigenvalue weighted by atomic mass is 28.4. The maximum absolute atomic E-state index is 5.88. The molecule has 10 heavy (non-hydrogen) atoms. The summed E-state index contributed by atoms with van der Waals surface area (Å²) >= 11 is 0. The largest absolute Gasteiger partial charge is 0.458 e. The van der Waals surface area contributed by atoms with Crippen molar-refractivity contribution in [3.8, 4) is 0 Å². The molecule has 0 bridgehead atoms. The normalized spacial score (nSPS) is 12.1. The van der Waals surface area contributed by atoms with Crippen LogP contribution in [0.4, 0.5) is 0 Å². The first-order chi connectivity index (χ1) is 4.48. The molecular weight excluding hydrogens is 156 g/mol. The predicted octanol–water partition coefficient (Wildman–Crippen LogP) is 2.38. The molecule has 0 heterocycles. The van der Waals surface area contributed by atoms with Gasteiger partial charge in [0.05, 0.1) is 0 Å². The van der Waals surface area contributed by atoms with Gasteiger partial charge in [-0.05, 0) is 32.2 Å². The van der Waals surface area contributed by atoms with Crippen LogP contribution in [0.5, 0.6) is 0 Å². The number of hydrogen-bond acceptors (Lipinski definition) is 1. The molecule has 0 unspecified atom stereocenters. The zero-order valence-electron chi connectivity index (χ0n) is 7.48. The molecule has 0 amide bonds. The van der Waals surface area contributed by atoms with Crippen LogP contribution in [0.2, 0.25) is 32.2 Å². The highest BCUT2D eigenvalue weighted by Crippen LogP contribution is 2.12. The highest BCUT2D eigenvalue weighted by molar-refractivity contribution is 6.78. The lowest BCUT2D eigenvalue weighted by Gasteiger charge is -2.23. The fraction of sp³-hybridized carbons (Fsp3) is 0.714. The second kappa shape index (κ2) is 4.10. The zero-order valence-corrected chi connectivity index (χ0v) is 9.63. The molecule has 0 atom stereocenters. The summed E-state index contributed by atoms with van der Waals surface area (Å²) in [5, 5.41) is 0. The number of rotatable bonds is 4. The number of allylic oxidation sites excluding steroid dienone is 1. The van der Waals surface area contributed by atoms with Gasteiger partial charge in [0.2, 0.25) is 0 Å². The van der Waals surface area contributed by atoms with E-state index in [4.69, 9.17) is 4.12 Å². The minimum absolute atomic E-state index is 0.813. The van der Waals surface area contributed by atoms with Crippen LogP contribution >= 0.6 is 0 Å². The van der Waals surface area contributed by atoms with Crippen molar-refractivity contribution in [1.82, 2.24) is 0 Å². The Balaban J connectivity index is 3.73. The van der Waals surface area contributed by atoms with Gasteiger partial charge in [-0.15, -0.1) is 6.58 Å². The van der Waals surface area contributed by atoms with Gasteiger partial charge in [-0.2, -0.15) is 0 Å². The summed E-state index contributed by atoms with van der Waals surface area (Å²) in [7, 11) is -2.14. The summed E-state index contributed by atoms with van der Waals surface area (Å²) < 4.78 is 5.88. The van der Waals surface area contributed by atoms with Crippen molar-refractivity contribution < 1.29 is 4.12 Å². The summed E-state index contributed by atoms with van der Waals surface area (Å²) in [6.45, 7) is 12.7. The lowest BCUT2D eigenvalue weighted by Crippen LogP contribution is -2.34. The predicted molar refractivity (Wildman–Crippen MR) is 52.4 cm³/mol. The van der Waals surface area contributed by atoms with Gasteiger partial charge in [-0.25, -0.2) is 0 Å². The van der Waals surface area contributed by atoms with Crippen molar-refractivity contribution >= 4 is 17.4 Å². The molecule has 0 aliphatic heterocycles. The Labute approximate surface area is 67.0 Å². The minimum atomic E-state index is -1.32. The second-order valence-corrected chi connectivity index (χ2v) is 10.4. The van der Waals surface area contributed by atoms with Crippen molar-refractivity contribution in [1.29, 1.82) is 0 Å². The van der Waals surface area contributed by atoms with E-state index in [0.717, 1.165) is 6.04 Å². The van der Waals surface area contributed by atoms with Gasteiger partial charge < -0.3 is 4.12 Å². The Bertz CT molecular complexity index is 110. The number of hydrogen-bond donors (Lipinski definition) is 0. The molecule has 0 spiro atoms. The van der Waals surface area contributed by atoms with Crippen molar-refractivity contribution in [2.24, 2.45) is 0 Å². The molecule has 60 valence electrons. The van der Waals surface area contributed by atoms with Gasteiger partial charge in [0.25, 0.3) is 0 Å². The minimum Gasteiger partial charge on any atom is -0.458 e. The topological polar surface area (TPSA) is 9.23 Å². The summed E-state index contributed by atoms with van der Waals surface area (Å²) in [6.07, 6.45) is 1.98. The van der Waals surface area contributed by atoms with Gasteiger partial charge in [-0.3, -0.25) is 0 Å². The quantitative estimate of drug-likeness (QED) is 0.470. The first-order valence-electron chi connectivity index (χ1n) is 3.76. The van der Waals surface area contributed by atoms with Crippen LogP contribution in [-0.2, 0) is 4.12 Å². The monoisotopic (exact) mass is 174 g/mol. The average Bonchev–Trinajstić information content (AvgIpc) is 1.59. The van der Waals surface area contributed by atoms with Gasteiger partial charge in [0, 0.05) is 0 Å². The van der Waals surface area contributed by atoms with Gasteiger partial charge in [0.1, 0.15) is 0 Å². The average molecular weight is 174 g/mol. The van der Waals surface area contributed by atoms with Crippen molar-refractivity contribution in [3.05, 3.63) is 12.7 Å². The molecule has 0 aromatic heterocycles. The third kappa shape index (κ3) is 4.96. The molecule has 0 fully saturated rings. The first kappa shape index (κ1) is 10.1. The van der Waals surface area contributed by atoms with E-state index in [1.165, 1.54) is 0 Å². The van der Waals surface area contributed by atoms with E-state index in [0.29, 0.717) is 0 Å². The lowest BCUT2D eigenvalue weighted by atomic mass is 10.8. The van der Waals surface area contributed by atoms with Crippen molar-refractivity contribution in [2.45, 2.75) is 32.2 Å². The molecule has 0 aliphatic rings. The van der Waals surface area contributed by atoms with E-state index >= 15 is 0 Å². The van der Waals surface area contributed by atoms with Gasteiger partial charge in [-0.1, -0.05) is 6.08 Å². The summed E-state index contributed by atoms with van der Waals surface area (Å²) in [5.41, 5.74) is 0. The Hall–Kier alpha value is 0.134. The molecule has 0 saturated carbocycles. The van der Waals surface area contributed by atoms with E-state index in [1.54, 1.807) is 0 Å². The molecule has 0 aliphatic carbocycles. The van der Waals surface area contributed by atoms with Crippen LogP contribution in [0.25, 0.3) is 0 Å². The van der Waals surface area contributed by atoms with E-state index in [9.17, 15) is 0 Å². The highest BCUT2D eigenvalue weighted by Gasteiger charge is 2.20. The van der Waals surface area contributed by atoms with Crippen LogP contribution in [-0.4, -0.2) is 17.4 Å². The molecule has 0 radical (unpaired) electrons. The molecule has 0 aromatic carbocycles. The summed E-state index contributed by atoms with van der Waals surface area (Å²) in [6, 6.07) is 1.08. The Morgan fingerprint density at radius 3 is 2.30 bits per heavy atom. The second-order valence-electron chi connectivity index (χ2n) is 3.42. The van der Waals surface area contributed by atoms with Gasteiger partial charge in [0.15, 0.2) is 17.4 Å². The maximum Gasteiger partial charge on any atom is 0.176 e. The third-order valence-electron chi connectivity index (χ3n) is 1.19. The standard InChI is InChI=1S/C7H18OSi2/c1-6-7-10(4,5)8-9(2)3/h6,9H,1,7H2,2-5H3. The van der Waals surface area contributed by atoms with Crippen LogP contribution < -0.4 is 0 Å². The molecule has 0 aromatic rings. The fourth-order valence-corrected chi connectivity index (χ4v) is 7.22. The third-order valence-corrected chi connectivity index (χ3v) is 6.90. The van der Waals surface area contributed by atoms with Crippen molar-refractivity contribution in [3.63, 3.8) is 0 Å². The van der Waals surface area contributed by atoms with Crippen LogP contribution in [0.3, 0.4) is 0 Å². The Morgan fingerprint density at radius 2 is 2.00 bits per heavy atom. The van der Waals surface area contributed by atoms with Crippen LogP contribution in [0.1, 0.15) is 0 Å². The Morgan fingerprint density at radius 1 is 1.50 bits per heavy atom. The van der Waals surface area contributed by atoms with Crippen LogP contribution in [0.15, 0.2) is 12.7 Å². The molecule has 3 heteroatoms. The fourth-order valence-electron chi connectivity index (χ4n) is 1.03. The van der Waals surface area contributed by atoms with E-state index < -0.39 is 17.4 Å². The molecule has 0 N–H and O–H groups in total. The molecule has 1 nitrogen and oxygen atoms in total. The van der Waals surface area contributed by atoms with E-state index in [2.05, 4.69) is 32.8 Å². The van der Waals surface area contributed by atoms with E-state index in [-0.39, 0.29) is 0 Å². The summed E-state index contributed by atoms with van der Waals surface area (Å²) in [4.78, 5) is 0. The maximum atomic E-state index is 5.88. The molecule has 0 rings (SSSR count). The van der Waals surface area contributed by atoms with Gasteiger partial charge >= 0.3 is 0 Å². The Kier molecular flexibility index (Phi) is 4.16. The summed E-state index contributed by atoms with van der Waals surface area (Å²) in [5.74, 6) is 0. The smallest absolute Gasteiger partial charge is 0.176 e. The first-order valence-corrected chi connectivity index (χ1v) is 9.66. The molecule has 0 saturated heterocycles. The lowest BCUT2D eigenvalue weighted by molar-refractivity contribution is 0.577. The van der Waals surface area contributed by atoms with Crippen LogP contribution in [0, 0.1) is 0 Å². The zero-order chi connectivity index (χ0) is 8.20. The SMILES string of the molecule is C=CC[Si](C)(C)O[SiH](C)C. The van der Waals surface area contributed by atoms with E-state index in [1.807, 2.05) is 6.08 Å². The molecular formula is C7H18OSi2.